The zero-order chi connectivity index (χ0) is 33.2. The van der Waals surface area contributed by atoms with Crippen molar-refractivity contribution in [2.75, 3.05) is 13.2 Å². The topological polar surface area (TPSA) is 198 Å². The molecule has 0 spiro atoms. The quantitative estimate of drug-likeness (QED) is 0.0562. The number of aliphatic hydroxyl groups is 1. The number of ether oxygens (including phenoxy) is 4. The summed E-state index contributed by atoms with van der Waals surface area (Å²) in [4.78, 5) is 45.2. The molecule has 0 unspecified atom stereocenters. The van der Waals surface area contributed by atoms with Gasteiger partial charge < -0.3 is 34.8 Å². The molecule has 2 aliphatic rings. The molecule has 252 valence electrons. The number of unbranched alkanes of at least 4 members (excludes halogenated alkanes) is 1. The molecule has 3 rings (SSSR count). The van der Waals surface area contributed by atoms with E-state index in [1.807, 2.05) is 6.92 Å². The van der Waals surface area contributed by atoms with Gasteiger partial charge in [0.05, 0.1) is 18.0 Å². The van der Waals surface area contributed by atoms with Crippen LogP contribution in [0, 0.1) is 16.7 Å². The van der Waals surface area contributed by atoms with Crippen LogP contribution in [0.4, 0.5) is 4.79 Å². The number of aromatic nitrogens is 1. The van der Waals surface area contributed by atoms with Gasteiger partial charge in [0.25, 0.3) is 0 Å². The minimum absolute atomic E-state index is 0.0250. The van der Waals surface area contributed by atoms with Crippen LogP contribution in [0.15, 0.2) is 17.1 Å². The highest BCUT2D eigenvalue weighted by molar-refractivity contribution is 6.07. The Balaban J connectivity index is 1.80. The molecule has 5 atom stereocenters. The van der Waals surface area contributed by atoms with Gasteiger partial charge in [0.1, 0.15) is 36.8 Å². The van der Waals surface area contributed by atoms with E-state index in [4.69, 9.17) is 30.1 Å². The number of H-pyrrole nitrogens is 1. The van der Waals surface area contributed by atoms with Crippen molar-refractivity contribution in [3.8, 4) is 0 Å². The zero-order valence-corrected chi connectivity index (χ0v) is 27.2. The smallest absolute Gasteiger partial charge is 0.412 e. The van der Waals surface area contributed by atoms with Gasteiger partial charge in [0.2, 0.25) is 0 Å². The number of carbonyl (C=O) groups excluding carboxylic acids is 3. The second kappa shape index (κ2) is 16.3. The number of amidine groups is 1. The SMILES string of the molecule is CCCCOC(=O)N/C(=N/C=N)c1ccc([C@]2(C)O[C@H](COC(=O)CC3CCCCCC3)[C@@H](OC(=O)[C@@H](N)C(C)(C)C)[C@H]2O)[nH]1. The van der Waals surface area contributed by atoms with Crippen molar-refractivity contribution in [2.45, 2.75) is 122 Å². The first kappa shape index (κ1) is 36.2. The van der Waals surface area contributed by atoms with E-state index in [-0.39, 0.29) is 30.9 Å². The zero-order valence-electron chi connectivity index (χ0n) is 27.2. The monoisotopic (exact) mass is 633 g/mol. The molecule has 1 saturated carbocycles. The summed E-state index contributed by atoms with van der Waals surface area (Å²) < 4.78 is 22.9. The minimum atomic E-state index is -1.45. The average molecular weight is 634 g/mol. The third-order valence-electron chi connectivity index (χ3n) is 8.54. The number of aliphatic hydroxyl groups excluding tert-OH is 1. The van der Waals surface area contributed by atoms with Crippen LogP contribution in [-0.2, 0) is 34.1 Å². The number of rotatable bonds is 12. The van der Waals surface area contributed by atoms with Crippen molar-refractivity contribution in [3.63, 3.8) is 0 Å². The van der Waals surface area contributed by atoms with Gasteiger partial charge in [-0.3, -0.25) is 20.3 Å². The molecule has 13 nitrogen and oxygen atoms in total. The molecule has 1 aromatic rings. The van der Waals surface area contributed by atoms with E-state index in [1.54, 1.807) is 39.8 Å². The number of nitrogens with zero attached hydrogens (tertiary/aromatic N) is 1. The van der Waals surface area contributed by atoms with Gasteiger partial charge in [-0.1, -0.05) is 59.8 Å². The molecule has 2 heterocycles. The summed E-state index contributed by atoms with van der Waals surface area (Å²) in [6.45, 7) is 9.00. The molecule has 1 aromatic heterocycles. The summed E-state index contributed by atoms with van der Waals surface area (Å²) in [5, 5.41) is 21.5. The lowest BCUT2D eigenvalue weighted by atomic mass is 9.87. The van der Waals surface area contributed by atoms with E-state index < -0.39 is 47.4 Å². The number of alkyl carbamates (subject to hydrolysis) is 1. The predicted octanol–water partition coefficient (Wildman–Crippen LogP) is 4.06. The fourth-order valence-electron chi connectivity index (χ4n) is 5.56. The first-order chi connectivity index (χ1) is 21.3. The number of esters is 2. The van der Waals surface area contributed by atoms with Crippen LogP contribution < -0.4 is 11.1 Å². The Labute approximate surface area is 265 Å². The highest BCUT2D eigenvalue weighted by Gasteiger charge is 2.56. The number of amides is 1. The molecule has 0 bridgehead atoms. The summed E-state index contributed by atoms with van der Waals surface area (Å²) in [7, 11) is 0. The molecule has 45 heavy (non-hydrogen) atoms. The molecule has 0 radical (unpaired) electrons. The maximum absolute atomic E-state index is 13.1. The Morgan fingerprint density at radius 3 is 2.53 bits per heavy atom. The van der Waals surface area contributed by atoms with Crippen LogP contribution in [0.3, 0.4) is 0 Å². The van der Waals surface area contributed by atoms with Crippen LogP contribution in [0.2, 0.25) is 0 Å². The van der Waals surface area contributed by atoms with Crippen molar-refractivity contribution in [3.05, 3.63) is 23.5 Å². The van der Waals surface area contributed by atoms with E-state index in [2.05, 4.69) is 15.3 Å². The second-order valence-electron chi connectivity index (χ2n) is 13.2. The van der Waals surface area contributed by atoms with E-state index in [9.17, 15) is 19.5 Å². The molecule has 1 amide bonds. The lowest BCUT2D eigenvalue weighted by Gasteiger charge is -2.29. The number of carbonyl (C=O) groups is 3. The van der Waals surface area contributed by atoms with Crippen LogP contribution >= 0.6 is 0 Å². The minimum Gasteiger partial charge on any atom is -0.463 e. The van der Waals surface area contributed by atoms with Crippen molar-refractivity contribution >= 4 is 30.2 Å². The van der Waals surface area contributed by atoms with Crippen molar-refractivity contribution in [1.29, 1.82) is 5.41 Å². The molecule has 1 aliphatic heterocycles. The Morgan fingerprint density at radius 2 is 1.91 bits per heavy atom. The van der Waals surface area contributed by atoms with Gasteiger partial charge in [0, 0.05) is 6.42 Å². The number of hydrogen-bond acceptors (Lipinski definition) is 10. The summed E-state index contributed by atoms with van der Waals surface area (Å²) in [6.07, 6.45) is 4.85. The van der Waals surface area contributed by atoms with Crippen molar-refractivity contribution < 1.29 is 38.4 Å². The maximum Gasteiger partial charge on any atom is 0.412 e. The molecule has 2 fully saturated rings. The fourth-order valence-corrected chi connectivity index (χ4v) is 5.56. The number of aliphatic imine (C=N–C) groups is 1. The summed E-state index contributed by atoms with van der Waals surface area (Å²) in [5.41, 5.74) is 4.80. The fraction of sp³-hybridized carbons (Fsp3) is 0.719. The standard InChI is InChI=1S/C32H51N5O8/c1-6-7-16-42-30(41)37-28(35-19-33)21-14-15-23(36-21)32(5)27(39)25(44-29(40)26(34)31(2,3)4)22(45-32)18-43-24(38)17-20-12-10-8-9-11-13-20/h14-15,19-20,22,25-27,36,39H,6-13,16-18,34H2,1-5H3,(H2,33,35,37,41)/t22-,25-,26-,27-,32+/m1/s1. The number of nitrogens with one attached hydrogen (secondary N) is 3. The normalized spacial score (nSPS) is 25.2. The van der Waals surface area contributed by atoms with E-state index in [0.29, 0.717) is 24.2 Å². The van der Waals surface area contributed by atoms with E-state index >= 15 is 0 Å². The molecular formula is C32H51N5O8. The van der Waals surface area contributed by atoms with E-state index in [1.165, 1.54) is 12.8 Å². The van der Waals surface area contributed by atoms with Crippen LogP contribution in [-0.4, -0.2) is 77.9 Å². The van der Waals surface area contributed by atoms with Gasteiger partial charge in [-0.05, 0) is 49.7 Å². The Hall–Kier alpha value is -3.29. The second-order valence-corrected chi connectivity index (χ2v) is 13.2. The number of aromatic amines is 1. The Morgan fingerprint density at radius 1 is 1.22 bits per heavy atom. The molecule has 6 N–H and O–H groups in total. The van der Waals surface area contributed by atoms with Gasteiger partial charge in [-0.15, -0.1) is 0 Å². The summed E-state index contributed by atoms with van der Waals surface area (Å²) >= 11 is 0. The van der Waals surface area contributed by atoms with Crippen LogP contribution in [0.1, 0.15) is 104 Å². The first-order valence-corrected chi connectivity index (χ1v) is 16.0. The molecule has 1 saturated heterocycles. The van der Waals surface area contributed by atoms with Gasteiger partial charge in [0.15, 0.2) is 11.9 Å². The van der Waals surface area contributed by atoms with E-state index in [0.717, 1.165) is 38.4 Å². The van der Waals surface area contributed by atoms with Crippen LogP contribution in [0.25, 0.3) is 0 Å². The Bertz CT molecular complexity index is 1190. The summed E-state index contributed by atoms with van der Waals surface area (Å²) in [5.74, 6) is -0.786. The maximum atomic E-state index is 13.1. The number of nitrogens with two attached hydrogens (primary N) is 1. The largest absolute Gasteiger partial charge is 0.463 e. The lowest BCUT2D eigenvalue weighted by Crippen LogP contribution is -2.48. The lowest BCUT2D eigenvalue weighted by molar-refractivity contribution is -0.163. The highest BCUT2D eigenvalue weighted by atomic mass is 16.6. The summed E-state index contributed by atoms with van der Waals surface area (Å²) in [6, 6.07) is 2.25. The third kappa shape index (κ3) is 9.85. The van der Waals surface area contributed by atoms with Gasteiger partial charge in [-0.25, -0.2) is 9.79 Å². The van der Waals surface area contributed by atoms with Crippen molar-refractivity contribution in [2.24, 2.45) is 22.1 Å². The van der Waals surface area contributed by atoms with Gasteiger partial charge in [-0.2, -0.15) is 0 Å². The average Bonchev–Trinajstić information content (AvgIpc) is 3.47. The third-order valence-corrected chi connectivity index (χ3v) is 8.54. The predicted molar refractivity (Wildman–Crippen MR) is 168 cm³/mol. The number of hydrogen-bond donors (Lipinski definition) is 5. The van der Waals surface area contributed by atoms with Gasteiger partial charge >= 0.3 is 18.0 Å². The molecule has 1 aliphatic carbocycles. The molecular weight excluding hydrogens is 582 g/mol. The van der Waals surface area contributed by atoms with Crippen LogP contribution in [0.5, 0.6) is 0 Å². The Kier molecular flexibility index (Phi) is 13.1. The highest BCUT2D eigenvalue weighted by Crippen LogP contribution is 2.41. The molecule has 0 aromatic carbocycles. The first-order valence-electron chi connectivity index (χ1n) is 16.0. The van der Waals surface area contributed by atoms with Crippen molar-refractivity contribution in [1.82, 2.24) is 10.3 Å². The molecule has 13 heteroatoms.